The van der Waals surface area contributed by atoms with Gasteiger partial charge in [0.15, 0.2) is 0 Å². The monoisotopic (exact) mass is 211 g/mol. The lowest BCUT2D eigenvalue weighted by atomic mass is 10.1. The fourth-order valence-corrected chi connectivity index (χ4v) is 1.59. The van der Waals surface area contributed by atoms with E-state index in [1.54, 1.807) is 18.2 Å². The highest BCUT2D eigenvalue weighted by atomic mass is 16.3. The van der Waals surface area contributed by atoms with Crippen LogP contribution in [0.2, 0.25) is 0 Å². The van der Waals surface area contributed by atoms with Crippen LogP contribution in [0.25, 0.3) is 0 Å². The first-order valence-corrected chi connectivity index (χ1v) is 4.95. The van der Waals surface area contributed by atoms with Crippen molar-refractivity contribution in [2.45, 2.75) is 6.92 Å². The number of rotatable bonds is 5. The first kappa shape index (κ1) is 11.8. The van der Waals surface area contributed by atoms with Gasteiger partial charge < -0.3 is 20.2 Å². The Balaban J connectivity index is 2.89. The number of anilines is 1. The summed E-state index contributed by atoms with van der Waals surface area (Å²) in [5, 5.41) is 27.1. The molecule has 0 spiro atoms. The third-order valence-corrected chi connectivity index (χ3v) is 2.26. The largest absolute Gasteiger partial charge is 0.508 e. The van der Waals surface area contributed by atoms with E-state index >= 15 is 0 Å². The van der Waals surface area contributed by atoms with E-state index in [9.17, 15) is 5.11 Å². The third kappa shape index (κ3) is 3.11. The number of aliphatic hydroxyl groups is 2. The van der Waals surface area contributed by atoms with E-state index in [0.717, 1.165) is 11.3 Å². The van der Waals surface area contributed by atoms with Crippen LogP contribution in [0.3, 0.4) is 0 Å². The van der Waals surface area contributed by atoms with Crippen molar-refractivity contribution >= 4 is 5.69 Å². The van der Waals surface area contributed by atoms with Gasteiger partial charge in [0.05, 0.1) is 13.2 Å². The summed E-state index contributed by atoms with van der Waals surface area (Å²) in [7, 11) is 0. The number of benzene rings is 1. The molecule has 0 heterocycles. The van der Waals surface area contributed by atoms with Crippen molar-refractivity contribution in [3.05, 3.63) is 23.8 Å². The molecule has 0 radical (unpaired) electrons. The lowest BCUT2D eigenvalue weighted by molar-refractivity contribution is 0.281. The molecule has 4 nitrogen and oxygen atoms in total. The molecule has 0 saturated carbocycles. The van der Waals surface area contributed by atoms with Crippen molar-refractivity contribution in [1.29, 1.82) is 0 Å². The molecular weight excluding hydrogens is 194 g/mol. The zero-order valence-electron chi connectivity index (χ0n) is 8.85. The van der Waals surface area contributed by atoms with Gasteiger partial charge in [0.2, 0.25) is 0 Å². The summed E-state index contributed by atoms with van der Waals surface area (Å²) >= 11 is 0. The van der Waals surface area contributed by atoms with Crippen LogP contribution >= 0.6 is 0 Å². The van der Waals surface area contributed by atoms with Crippen LogP contribution in [0.15, 0.2) is 18.2 Å². The minimum atomic E-state index is 0.0420. The molecule has 0 amide bonds. The Hall–Kier alpha value is -1.26. The summed E-state index contributed by atoms with van der Waals surface area (Å²) in [6, 6.07) is 5.05. The minimum absolute atomic E-state index is 0.0420. The smallest absolute Gasteiger partial charge is 0.115 e. The Bertz CT molecular complexity index is 309. The molecule has 1 aromatic carbocycles. The van der Waals surface area contributed by atoms with Crippen LogP contribution in [0.5, 0.6) is 5.75 Å². The second kappa shape index (κ2) is 5.58. The zero-order chi connectivity index (χ0) is 11.3. The van der Waals surface area contributed by atoms with Gasteiger partial charge in [-0.1, -0.05) is 0 Å². The fourth-order valence-electron chi connectivity index (χ4n) is 1.59. The number of aliphatic hydroxyl groups excluding tert-OH is 2. The van der Waals surface area contributed by atoms with E-state index in [0.29, 0.717) is 13.1 Å². The molecule has 4 heteroatoms. The van der Waals surface area contributed by atoms with Gasteiger partial charge in [-0.05, 0) is 30.7 Å². The van der Waals surface area contributed by atoms with Gasteiger partial charge in [-0.15, -0.1) is 0 Å². The molecule has 3 N–H and O–H groups in total. The van der Waals surface area contributed by atoms with Gasteiger partial charge in [-0.3, -0.25) is 0 Å². The lowest BCUT2D eigenvalue weighted by Gasteiger charge is -2.24. The van der Waals surface area contributed by atoms with Crippen LogP contribution in [0, 0.1) is 6.92 Å². The van der Waals surface area contributed by atoms with Crippen LogP contribution in [-0.2, 0) is 0 Å². The normalized spacial score (nSPS) is 10.3. The lowest BCUT2D eigenvalue weighted by Crippen LogP contribution is -2.30. The summed E-state index contributed by atoms with van der Waals surface area (Å²) in [5.74, 6) is 0.226. The predicted molar refractivity (Wildman–Crippen MR) is 59.2 cm³/mol. The number of hydrogen-bond donors (Lipinski definition) is 3. The molecule has 0 atom stereocenters. The van der Waals surface area contributed by atoms with E-state index in [4.69, 9.17) is 10.2 Å². The highest BCUT2D eigenvalue weighted by Gasteiger charge is 2.08. The van der Waals surface area contributed by atoms with E-state index in [2.05, 4.69) is 0 Å². The molecule has 0 aliphatic heterocycles. The molecule has 84 valence electrons. The topological polar surface area (TPSA) is 63.9 Å². The zero-order valence-corrected chi connectivity index (χ0v) is 8.85. The highest BCUT2D eigenvalue weighted by molar-refractivity contribution is 5.55. The van der Waals surface area contributed by atoms with Gasteiger partial charge in [0.25, 0.3) is 0 Å². The maximum Gasteiger partial charge on any atom is 0.115 e. The summed E-state index contributed by atoms with van der Waals surface area (Å²) in [4.78, 5) is 1.88. The molecule has 0 unspecified atom stereocenters. The Morgan fingerprint density at radius 2 is 1.73 bits per heavy atom. The Kier molecular flexibility index (Phi) is 4.39. The van der Waals surface area contributed by atoms with Crippen molar-refractivity contribution in [3.63, 3.8) is 0 Å². The number of aryl methyl sites for hydroxylation is 1. The number of phenols is 1. The Morgan fingerprint density at radius 1 is 1.13 bits per heavy atom. The Labute approximate surface area is 89.4 Å². The summed E-state index contributed by atoms with van der Waals surface area (Å²) in [5.41, 5.74) is 1.85. The van der Waals surface area contributed by atoms with Crippen molar-refractivity contribution in [2.75, 3.05) is 31.2 Å². The first-order valence-electron chi connectivity index (χ1n) is 4.95. The average Bonchev–Trinajstić information content (AvgIpc) is 2.17. The van der Waals surface area contributed by atoms with Crippen molar-refractivity contribution < 1.29 is 15.3 Å². The average molecular weight is 211 g/mol. The first-order chi connectivity index (χ1) is 7.19. The molecular formula is C11H17NO3. The van der Waals surface area contributed by atoms with Gasteiger partial charge in [0.1, 0.15) is 5.75 Å². The second-order valence-electron chi connectivity index (χ2n) is 3.41. The molecule has 0 fully saturated rings. The van der Waals surface area contributed by atoms with Crippen molar-refractivity contribution in [2.24, 2.45) is 0 Å². The maximum absolute atomic E-state index is 9.26. The van der Waals surface area contributed by atoms with E-state index in [1.165, 1.54) is 0 Å². The quantitative estimate of drug-likeness (QED) is 0.663. The van der Waals surface area contributed by atoms with Crippen LogP contribution in [0.4, 0.5) is 5.69 Å². The number of hydrogen-bond acceptors (Lipinski definition) is 4. The number of aromatic hydroxyl groups is 1. The van der Waals surface area contributed by atoms with Crippen LogP contribution < -0.4 is 4.90 Å². The second-order valence-corrected chi connectivity index (χ2v) is 3.41. The maximum atomic E-state index is 9.26. The molecule has 0 aliphatic rings. The fraction of sp³-hybridized carbons (Fsp3) is 0.455. The molecule has 1 rings (SSSR count). The van der Waals surface area contributed by atoms with Gasteiger partial charge in [0, 0.05) is 18.8 Å². The van der Waals surface area contributed by atoms with Gasteiger partial charge in [-0.25, -0.2) is 0 Å². The SMILES string of the molecule is Cc1cc(O)ccc1N(CCO)CCO. The third-order valence-electron chi connectivity index (χ3n) is 2.26. The molecule has 0 aliphatic carbocycles. The summed E-state index contributed by atoms with van der Waals surface area (Å²) in [6.07, 6.45) is 0. The van der Waals surface area contributed by atoms with Crippen LogP contribution in [0.1, 0.15) is 5.56 Å². The van der Waals surface area contributed by atoms with Crippen molar-refractivity contribution in [1.82, 2.24) is 0 Å². The minimum Gasteiger partial charge on any atom is -0.508 e. The predicted octanol–water partition coefficient (Wildman–Crippen LogP) is 0.492. The number of nitrogens with zero attached hydrogens (tertiary/aromatic N) is 1. The Morgan fingerprint density at radius 3 is 2.20 bits per heavy atom. The van der Waals surface area contributed by atoms with Gasteiger partial charge in [-0.2, -0.15) is 0 Å². The highest BCUT2D eigenvalue weighted by Crippen LogP contribution is 2.23. The molecule has 0 bridgehead atoms. The van der Waals surface area contributed by atoms with E-state index in [1.807, 2.05) is 11.8 Å². The van der Waals surface area contributed by atoms with Crippen molar-refractivity contribution in [3.8, 4) is 5.75 Å². The summed E-state index contributed by atoms with van der Waals surface area (Å²) < 4.78 is 0. The molecule has 0 aromatic heterocycles. The molecule has 15 heavy (non-hydrogen) atoms. The molecule has 1 aromatic rings. The van der Waals surface area contributed by atoms with Gasteiger partial charge >= 0.3 is 0 Å². The van der Waals surface area contributed by atoms with E-state index in [-0.39, 0.29) is 19.0 Å². The standard InChI is InChI=1S/C11H17NO3/c1-9-8-10(15)2-3-11(9)12(4-6-13)5-7-14/h2-3,8,13-15H,4-7H2,1H3. The summed E-state index contributed by atoms with van der Waals surface area (Å²) in [6.45, 7) is 2.93. The molecule has 0 saturated heterocycles. The van der Waals surface area contributed by atoms with Crippen LogP contribution in [-0.4, -0.2) is 41.6 Å². The van der Waals surface area contributed by atoms with E-state index < -0.39 is 0 Å². The number of phenolic OH excluding ortho intramolecular Hbond substituents is 1.